The molecule has 1 aromatic carbocycles. The number of benzene rings is 1. The van der Waals surface area contributed by atoms with Gasteiger partial charge in [-0.2, -0.15) is 0 Å². The number of ether oxygens (including phenoxy) is 2. The van der Waals surface area contributed by atoms with E-state index in [-0.39, 0.29) is 6.29 Å². The van der Waals surface area contributed by atoms with Crippen molar-refractivity contribution in [3.63, 3.8) is 0 Å². The second-order valence-electron chi connectivity index (χ2n) is 4.54. The summed E-state index contributed by atoms with van der Waals surface area (Å²) in [7, 11) is 0. The molecule has 0 amide bonds. The molecule has 17 heavy (non-hydrogen) atoms. The van der Waals surface area contributed by atoms with E-state index in [9.17, 15) is 0 Å². The third-order valence-corrected chi connectivity index (χ3v) is 2.57. The highest BCUT2D eigenvalue weighted by molar-refractivity contribution is 5.28. The Hall–Kier alpha value is -0.860. The molecule has 0 aromatic heterocycles. The lowest BCUT2D eigenvalue weighted by Gasteiger charge is -2.21. The standard InChI is InChI=1S/C15H24O2/c1-5-16-15(17-6-2)14-10-8-7-9-13(14)11-12(3)4/h7-10,12,15H,5-6,11H2,1-4H3. The largest absolute Gasteiger partial charge is 0.349 e. The molecule has 1 aromatic rings. The minimum Gasteiger partial charge on any atom is -0.349 e. The van der Waals surface area contributed by atoms with Crippen molar-refractivity contribution in [2.45, 2.75) is 40.4 Å². The Kier molecular flexibility index (Phi) is 6.23. The first-order chi connectivity index (χ1) is 8.19. The van der Waals surface area contributed by atoms with E-state index in [0.29, 0.717) is 19.1 Å². The van der Waals surface area contributed by atoms with Crippen LogP contribution in [0.3, 0.4) is 0 Å². The maximum atomic E-state index is 5.67. The molecule has 0 atom stereocenters. The predicted molar refractivity (Wildman–Crippen MR) is 71.0 cm³/mol. The van der Waals surface area contributed by atoms with Gasteiger partial charge < -0.3 is 9.47 Å². The molecule has 2 nitrogen and oxygen atoms in total. The lowest BCUT2D eigenvalue weighted by Crippen LogP contribution is -2.12. The average Bonchev–Trinajstić information content (AvgIpc) is 2.29. The molecule has 0 aliphatic carbocycles. The van der Waals surface area contributed by atoms with Crippen molar-refractivity contribution < 1.29 is 9.47 Å². The van der Waals surface area contributed by atoms with E-state index in [4.69, 9.17) is 9.47 Å². The molecule has 96 valence electrons. The Labute approximate surface area is 105 Å². The van der Waals surface area contributed by atoms with Crippen LogP contribution < -0.4 is 0 Å². The summed E-state index contributed by atoms with van der Waals surface area (Å²) in [6, 6.07) is 8.40. The van der Waals surface area contributed by atoms with Gasteiger partial charge in [-0.25, -0.2) is 0 Å². The zero-order chi connectivity index (χ0) is 12.7. The number of hydrogen-bond donors (Lipinski definition) is 0. The minimum atomic E-state index is -0.222. The Balaban J connectivity index is 2.91. The van der Waals surface area contributed by atoms with E-state index >= 15 is 0 Å². The normalized spacial score (nSPS) is 11.4. The molecule has 0 heterocycles. The van der Waals surface area contributed by atoms with E-state index in [1.807, 2.05) is 19.9 Å². The molecule has 0 saturated carbocycles. The fourth-order valence-corrected chi connectivity index (χ4v) is 1.92. The smallest absolute Gasteiger partial charge is 0.184 e. The minimum absolute atomic E-state index is 0.222. The maximum absolute atomic E-state index is 5.67. The molecule has 0 spiro atoms. The van der Waals surface area contributed by atoms with Crippen LogP contribution in [0.15, 0.2) is 24.3 Å². The fraction of sp³-hybridized carbons (Fsp3) is 0.600. The van der Waals surface area contributed by atoms with Crippen LogP contribution in [-0.4, -0.2) is 13.2 Å². The second-order valence-corrected chi connectivity index (χ2v) is 4.54. The molecule has 0 fully saturated rings. The van der Waals surface area contributed by atoms with Gasteiger partial charge in [-0.15, -0.1) is 0 Å². The van der Waals surface area contributed by atoms with Crippen molar-refractivity contribution in [2.75, 3.05) is 13.2 Å². The SMILES string of the molecule is CCOC(OCC)c1ccccc1CC(C)C. The summed E-state index contributed by atoms with van der Waals surface area (Å²) in [5, 5.41) is 0. The summed E-state index contributed by atoms with van der Waals surface area (Å²) in [5.74, 6) is 0.639. The topological polar surface area (TPSA) is 18.5 Å². The van der Waals surface area contributed by atoms with Crippen LogP contribution in [0.5, 0.6) is 0 Å². The van der Waals surface area contributed by atoms with Crippen LogP contribution >= 0.6 is 0 Å². The highest BCUT2D eigenvalue weighted by Gasteiger charge is 2.15. The van der Waals surface area contributed by atoms with Crippen molar-refractivity contribution in [3.05, 3.63) is 35.4 Å². The van der Waals surface area contributed by atoms with Gasteiger partial charge in [0.15, 0.2) is 6.29 Å². The molecular formula is C15H24O2. The monoisotopic (exact) mass is 236 g/mol. The molecule has 0 bridgehead atoms. The Bertz CT molecular complexity index is 314. The van der Waals surface area contributed by atoms with Crippen LogP contribution in [0, 0.1) is 5.92 Å². The van der Waals surface area contributed by atoms with E-state index in [1.165, 1.54) is 11.1 Å². The number of hydrogen-bond acceptors (Lipinski definition) is 2. The molecule has 0 aliphatic rings. The highest BCUT2D eigenvalue weighted by atomic mass is 16.7. The Morgan fingerprint density at radius 3 is 2.12 bits per heavy atom. The zero-order valence-electron chi connectivity index (χ0n) is 11.4. The molecule has 0 saturated heterocycles. The molecule has 0 N–H and O–H groups in total. The molecular weight excluding hydrogens is 212 g/mol. The number of rotatable bonds is 7. The van der Waals surface area contributed by atoms with Gasteiger partial charge in [-0.05, 0) is 31.7 Å². The van der Waals surface area contributed by atoms with Crippen LogP contribution in [0.25, 0.3) is 0 Å². The summed E-state index contributed by atoms with van der Waals surface area (Å²) < 4.78 is 11.3. The molecule has 0 radical (unpaired) electrons. The van der Waals surface area contributed by atoms with Crippen molar-refractivity contribution in [3.8, 4) is 0 Å². The lowest BCUT2D eigenvalue weighted by atomic mass is 9.98. The second kappa shape index (κ2) is 7.46. The molecule has 1 rings (SSSR count). The highest BCUT2D eigenvalue weighted by Crippen LogP contribution is 2.24. The van der Waals surface area contributed by atoms with Crippen molar-refractivity contribution >= 4 is 0 Å². The van der Waals surface area contributed by atoms with E-state index in [2.05, 4.69) is 32.0 Å². The molecule has 2 heteroatoms. The van der Waals surface area contributed by atoms with Crippen LogP contribution in [0.1, 0.15) is 45.1 Å². The fourth-order valence-electron chi connectivity index (χ4n) is 1.92. The van der Waals surface area contributed by atoms with Gasteiger partial charge in [0.25, 0.3) is 0 Å². The quantitative estimate of drug-likeness (QED) is 0.667. The van der Waals surface area contributed by atoms with Gasteiger partial charge in [0, 0.05) is 18.8 Å². The Morgan fingerprint density at radius 1 is 1.00 bits per heavy atom. The van der Waals surface area contributed by atoms with Crippen molar-refractivity contribution in [1.29, 1.82) is 0 Å². The van der Waals surface area contributed by atoms with Crippen LogP contribution in [0.2, 0.25) is 0 Å². The van der Waals surface area contributed by atoms with Gasteiger partial charge in [-0.3, -0.25) is 0 Å². The van der Waals surface area contributed by atoms with E-state index in [1.54, 1.807) is 0 Å². The molecule has 0 unspecified atom stereocenters. The average molecular weight is 236 g/mol. The first-order valence-corrected chi connectivity index (χ1v) is 6.50. The Morgan fingerprint density at radius 2 is 1.59 bits per heavy atom. The zero-order valence-corrected chi connectivity index (χ0v) is 11.4. The maximum Gasteiger partial charge on any atom is 0.184 e. The van der Waals surface area contributed by atoms with Crippen LogP contribution in [-0.2, 0) is 15.9 Å². The third-order valence-electron chi connectivity index (χ3n) is 2.57. The summed E-state index contributed by atoms with van der Waals surface area (Å²) in [5.41, 5.74) is 2.50. The van der Waals surface area contributed by atoms with E-state index < -0.39 is 0 Å². The summed E-state index contributed by atoms with van der Waals surface area (Å²) in [6.45, 7) is 9.79. The summed E-state index contributed by atoms with van der Waals surface area (Å²) >= 11 is 0. The first kappa shape index (κ1) is 14.2. The molecule has 0 aliphatic heterocycles. The van der Waals surface area contributed by atoms with Gasteiger partial charge >= 0.3 is 0 Å². The summed E-state index contributed by atoms with van der Waals surface area (Å²) in [4.78, 5) is 0. The van der Waals surface area contributed by atoms with Crippen LogP contribution in [0.4, 0.5) is 0 Å². The third kappa shape index (κ3) is 4.49. The first-order valence-electron chi connectivity index (χ1n) is 6.50. The van der Waals surface area contributed by atoms with Crippen molar-refractivity contribution in [2.24, 2.45) is 5.92 Å². The van der Waals surface area contributed by atoms with Gasteiger partial charge in [0.05, 0.1) is 0 Å². The van der Waals surface area contributed by atoms with Gasteiger partial charge in [-0.1, -0.05) is 38.1 Å². The predicted octanol–water partition coefficient (Wildman–Crippen LogP) is 3.96. The lowest BCUT2D eigenvalue weighted by molar-refractivity contribution is -0.140. The van der Waals surface area contributed by atoms with Gasteiger partial charge in [0.1, 0.15) is 0 Å². The summed E-state index contributed by atoms with van der Waals surface area (Å²) in [6.07, 6.45) is 0.840. The van der Waals surface area contributed by atoms with Crippen molar-refractivity contribution in [1.82, 2.24) is 0 Å². The van der Waals surface area contributed by atoms with E-state index in [0.717, 1.165) is 6.42 Å². The van der Waals surface area contributed by atoms with Gasteiger partial charge in [0.2, 0.25) is 0 Å².